The third-order valence-corrected chi connectivity index (χ3v) is 4.09. The largest absolute Gasteiger partial charge is 0.298 e. The van der Waals surface area contributed by atoms with Crippen LogP contribution in [-0.2, 0) is 4.79 Å². The van der Waals surface area contributed by atoms with Gasteiger partial charge in [0, 0.05) is 6.54 Å². The van der Waals surface area contributed by atoms with Gasteiger partial charge in [0.15, 0.2) is 0 Å². The highest BCUT2D eigenvalue weighted by atomic mass is 16.1. The summed E-state index contributed by atoms with van der Waals surface area (Å²) in [5, 5.41) is 2.53. The standard InChI is InChI=1S/C18H19NO/c1-13(20)18-11-14(12-19(18)2)10-16-8-5-7-15-6-3-4-9-17(15)16/h3-10,18H,11-12H2,1-2H3/b14-10+. The number of likely N-dealkylation sites (N-methyl/N-ethyl adjacent to an activating group) is 1. The van der Waals surface area contributed by atoms with Crippen molar-refractivity contribution in [1.29, 1.82) is 0 Å². The van der Waals surface area contributed by atoms with Gasteiger partial charge in [-0.3, -0.25) is 9.69 Å². The zero-order valence-corrected chi connectivity index (χ0v) is 12.0. The molecule has 0 spiro atoms. The Bertz CT molecular complexity index is 681. The van der Waals surface area contributed by atoms with Crippen LogP contribution in [0.15, 0.2) is 48.0 Å². The van der Waals surface area contributed by atoms with Gasteiger partial charge in [-0.15, -0.1) is 0 Å². The molecule has 2 nitrogen and oxygen atoms in total. The molecule has 1 unspecified atom stereocenters. The second-order valence-electron chi connectivity index (χ2n) is 5.62. The summed E-state index contributed by atoms with van der Waals surface area (Å²) in [5.74, 6) is 0.258. The van der Waals surface area contributed by atoms with Crippen molar-refractivity contribution >= 4 is 22.6 Å². The van der Waals surface area contributed by atoms with Gasteiger partial charge in [0.2, 0.25) is 0 Å². The lowest BCUT2D eigenvalue weighted by atomic mass is 10.0. The number of Topliss-reactive ketones (excluding diaryl/α,β-unsaturated/α-hetero) is 1. The van der Waals surface area contributed by atoms with E-state index in [1.807, 2.05) is 7.05 Å². The molecule has 2 aromatic carbocycles. The zero-order valence-electron chi connectivity index (χ0n) is 12.0. The highest BCUT2D eigenvalue weighted by Gasteiger charge is 2.28. The second kappa shape index (κ2) is 5.22. The summed E-state index contributed by atoms with van der Waals surface area (Å²) in [6.07, 6.45) is 3.11. The Balaban J connectivity index is 1.97. The first kappa shape index (κ1) is 13.1. The fraction of sp³-hybridized carbons (Fsp3) is 0.278. The van der Waals surface area contributed by atoms with Crippen molar-refractivity contribution in [1.82, 2.24) is 4.90 Å². The van der Waals surface area contributed by atoms with E-state index < -0.39 is 0 Å². The van der Waals surface area contributed by atoms with E-state index in [4.69, 9.17) is 0 Å². The van der Waals surface area contributed by atoms with Crippen LogP contribution in [0.2, 0.25) is 0 Å². The molecule has 1 atom stereocenters. The molecule has 0 amide bonds. The number of hydrogen-bond acceptors (Lipinski definition) is 2. The smallest absolute Gasteiger partial charge is 0.147 e. The van der Waals surface area contributed by atoms with E-state index in [1.54, 1.807) is 6.92 Å². The minimum atomic E-state index is 0.0521. The SMILES string of the molecule is CC(=O)C1C/C(=C\c2cccc3ccccc23)CN1C. The summed E-state index contributed by atoms with van der Waals surface area (Å²) in [6, 6.07) is 14.9. The van der Waals surface area contributed by atoms with E-state index in [1.165, 1.54) is 21.9 Å². The van der Waals surface area contributed by atoms with Gasteiger partial charge in [-0.1, -0.05) is 54.1 Å². The van der Waals surface area contributed by atoms with Crippen LogP contribution >= 0.6 is 0 Å². The molecule has 1 fully saturated rings. The summed E-state index contributed by atoms with van der Waals surface area (Å²) in [5.41, 5.74) is 2.58. The van der Waals surface area contributed by atoms with E-state index in [2.05, 4.69) is 53.4 Å². The normalized spacial score (nSPS) is 21.7. The molecule has 1 aliphatic heterocycles. The van der Waals surface area contributed by atoms with Gasteiger partial charge in [-0.25, -0.2) is 0 Å². The molecular weight excluding hydrogens is 246 g/mol. The summed E-state index contributed by atoms with van der Waals surface area (Å²) in [6.45, 7) is 2.56. The number of carbonyl (C=O) groups is 1. The fourth-order valence-electron chi connectivity index (χ4n) is 3.05. The second-order valence-corrected chi connectivity index (χ2v) is 5.62. The summed E-state index contributed by atoms with van der Waals surface area (Å²) >= 11 is 0. The molecular formula is C18H19NO. The first-order valence-corrected chi connectivity index (χ1v) is 7.03. The Kier molecular flexibility index (Phi) is 3.41. The predicted octanol–water partition coefficient (Wildman–Crippen LogP) is 3.52. The summed E-state index contributed by atoms with van der Waals surface area (Å²) in [7, 11) is 2.02. The van der Waals surface area contributed by atoms with Crippen molar-refractivity contribution in [2.24, 2.45) is 0 Å². The molecule has 1 saturated heterocycles. The number of ketones is 1. The summed E-state index contributed by atoms with van der Waals surface area (Å²) < 4.78 is 0. The number of rotatable bonds is 2. The Labute approximate surface area is 119 Å². The van der Waals surface area contributed by atoms with E-state index in [-0.39, 0.29) is 11.8 Å². The lowest BCUT2D eigenvalue weighted by molar-refractivity contribution is -0.120. The van der Waals surface area contributed by atoms with Crippen LogP contribution in [0, 0.1) is 0 Å². The maximum absolute atomic E-state index is 11.6. The molecule has 102 valence electrons. The molecule has 0 saturated carbocycles. The number of likely N-dealkylation sites (tertiary alicyclic amines) is 1. The van der Waals surface area contributed by atoms with Crippen molar-refractivity contribution < 1.29 is 4.79 Å². The van der Waals surface area contributed by atoms with E-state index in [9.17, 15) is 4.79 Å². The minimum absolute atomic E-state index is 0.0521. The molecule has 3 rings (SSSR count). The molecule has 0 aromatic heterocycles. The van der Waals surface area contributed by atoms with Gasteiger partial charge in [-0.2, -0.15) is 0 Å². The molecule has 1 heterocycles. The number of hydrogen-bond donors (Lipinski definition) is 0. The third-order valence-electron chi connectivity index (χ3n) is 4.09. The Hall–Kier alpha value is -1.93. The molecule has 0 bridgehead atoms. The van der Waals surface area contributed by atoms with Crippen LogP contribution in [0.4, 0.5) is 0 Å². The molecule has 1 aliphatic rings. The highest BCUT2D eigenvalue weighted by molar-refractivity contribution is 5.91. The number of nitrogens with zero attached hydrogens (tertiary/aromatic N) is 1. The van der Waals surface area contributed by atoms with Crippen LogP contribution in [0.5, 0.6) is 0 Å². The van der Waals surface area contributed by atoms with E-state index >= 15 is 0 Å². The van der Waals surface area contributed by atoms with Gasteiger partial charge in [0.25, 0.3) is 0 Å². The van der Waals surface area contributed by atoms with Crippen molar-refractivity contribution in [2.75, 3.05) is 13.6 Å². The van der Waals surface area contributed by atoms with Crippen LogP contribution in [0.3, 0.4) is 0 Å². The average molecular weight is 265 g/mol. The Morgan fingerprint density at radius 3 is 2.70 bits per heavy atom. The topological polar surface area (TPSA) is 20.3 Å². The first-order chi connectivity index (χ1) is 9.65. The Morgan fingerprint density at radius 1 is 1.20 bits per heavy atom. The zero-order chi connectivity index (χ0) is 14.1. The van der Waals surface area contributed by atoms with Crippen molar-refractivity contribution in [3.63, 3.8) is 0 Å². The van der Waals surface area contributed by atoms with E-state index in [0.29, 0.717) is 0 Å². The monoisotopic (exact) mass is 265 g/mol. The van der Waals surface area contributed by atoms with Gasteiger partial charge < -0.3 is 0 Å². The molecule has 2 heteroatoms. The fourth-order valence-corrected chi connectivity index (χ4v) is 3.05. The van der Waals surface area contributed by atoms with Gasteiger partial charge in [-0.05, 0) is 36.7 Å². The van der Waals surface area contributed by atoms with Gasteiger partial charge in [0.05, 0.1) is 6.04 Å². The lowest BCUT2D eigenvalue weighted by Gasteiger charge is -2.14. The number of fused-ring (bicyclic) bond motifs is 1. The number of benzene rings is 2. The maximum Gasteiger partial charge on any atom is 0.147 e. The average Bonchev–Trinajstić information content (AvgIpc) is 2.80. The van der Waals surface area contributed by atoms with Crippen molar-refractivity contribution in [3.8, 4) is 0 Å². The van der Waals surface area contributed by atoms with E-state index in [0.717, 1.165) is 13.0 Å². The molecule has 0 N–H and O–H groups in total. The van der Waals surface area contributed by atoms with Gasteiger partial charge in [0.1, 0.15) is 5.78 Å². The van der Waals surface area contributed by atoms with Crippen LogP contribution in [-0.4, -0.2) is 30.3 Å². The first-order valence-electron chi connectivity index (χ1n) is 7.03. The quantitative estimate of drug-likeness (QED) is 0.828. The van der Waals surface area contributed by atoms with Gasteiger partial charge >= 0.3 is 0 Å². The van der Waals surface area contributed by atoms with Crippen LogP contribution in [0.1, 0.15) is 18.9 Å². The summed E-state index contributed by atoms with van der Waals surface area (Å²) in [4.78, 5) is 13.7. The lowest BCUT2D eigenvalue weighted by Crippen LogP contribution is -2.30. The minimum Gasteiger partial charge on any atom is -0.298 e. The van der Waals surface area contributed by atoms with Crippen LogP contribution < -0.4 is 0 Å². The third kappa shape index (κ3) is 2.39. The molecule has 0 aliphatic carbocycles. The number of carbonyl (C=O) groups excluding carboxylic acids is 1. The highest BCUT2D eigenvalue weighted by Crippen LogP contribution is 2.26. The molecule has 2 aromatic rings. The van der Waals surface area contributed by atoms with Crippen molar-refractivity contribution in [3.05, 3.63) is 53.6 Å². The Morgan fingerprint density at radius 2 is 1.95 bits per heavy atom. The van der Waals surface area contributed by atoms with Crippen LogP contribution in [0.25, 0.3) is 16.8 Å². The predicted molar refractivity (Wildman–Crippen MR) is 83.6 cm³/mol. The maximum atomic E-state index is 11.6. The van der Waals surface area contributed by atoms with Crippen molar-refractivity contribution in [2.45, 2.75) is 19.4 Å². The molecule has 20 heavy (non-hydrogen) atoms. The molecule has 0 radical (unpaired) electrons.